The van der Waals surface area contributed by atoms with E-state index in [1.807, 2.05) is 0 Å². The lowest BCUT2D eigenvalue weighted by Gasteiger charge is -2.27. The van der Waals surface area contributed by atoms with Crippen molar-refractivity contribution in [3.63, 3.8) is 0 Å². The number of amides is 1. The maximum atomic E-state index is 13.0. The average molecular weight is 314 g/mol. The molecule has 0 spiro atoms. The third kappa shape index (κ3) is 5.73. The van der Waals surface area contributed by atoms with Crippen LogP contribution in [0, 0.1) is 5.82 Å². The van der Waals surface area contributed by atoms with E-state index in [2.05, 4.69) is 5.32 Å². The summed E-state index contributed by atoms with van der Waals surface area (Å²) >= 11 is 1.32. The molecule has 0 heterocycles. The fraction of sp³-hybridized carbons (Fsp3) is 0.429. The van der Waals surface area contributed by atoms with Gasteiger partial charge in [0.25, 0.3) is 0 Å². The van der Waals surface area contributed by atoms with E-state index in [1.165, 1.54) is 30.0 Å². The zero-order valence-electron chi connectivity index (χ0n) is 11.9. The molecule has 0 saturated carbocycles. The first-order valence-corrected chi connectivity index (χ1v) is 7.38. The van der Waals surface area contributed by atoms with Gasteiger partial charge in [0.05, 0.1) is 0 Å². The van der Waals surface area contributed by atoms with Gasteiger partial charge in [-0.2, -0.15) is 11.8 Å². The lowest BCUT2D eigenvalue weighted by atomic mass is 10.1. The molecule has 1 rings (SSSR count). The van der Waals surface area contributed by atoms with Crippen LogP contribution in [0.5, 0.6) is 0 Å². The second-order valence-corrected chi connectivity index (χ2v) is 6.83. The van der Waals surface area contributed by atoms with Crippen molar-refractivity contribution >= 4 is 29.3 Å². The lowest BCUT2D eigenvalue weighted by Crippen LogP contribution is -2.46. The Morgan fingerprint density at radius 2 is 2.14 bits per heavy atom. The molecule has 0 unspecified atom stereocenters. The van der Waals surface area contributed by atoms with Crippen LogP contribution in [-0.4, -0.2) is 33.5 Å². The Labute approximate surface area is 127 Å². The number of carbonyl (C=O) groups excluding carboxylic acids is 1. The Morgan fingerprint density at radius 3 is 2.71 bits per heavy atom. The molecule has 0 aliphatic carbocycles. The van der Waals surface area contributed by atoms with Gasteiger partial charge in [-0.05, 0) is 32.0 Å². The minimum Gasteiger partial charge on any atom is -0.480 e. The molecule has 1 aromatic rings. The highest BCUT2D eigenvalue weighted by Gasteiger charge is 2.32. The van der Waals surface area contributed by atoms with Crippen LogP contribution in [0.3, 0.4) is 0 Å². The molecule has 0 aromatic heterocycles. The van der Waals surface area contributed by atoms with Gasteiger partial charge in [-0.25, -0.2) is 4.39 Å². The standard InChI is InChI=1S/C14H19FN2O3S/c1-14(2,12(16)13(19)20)21-7-6-11(18)17-10-5-3-4-9(15)8-10/h3-5,8,12H,6-7,16H2,1-2H3,(H,17,18)(H,19,20)/t12-/m1/s1. The number of thioether (sulfide) groups is 1. The Morgan fingerprint density at radius 1 is 1.48 bits per heavy atom. The van der Waals surface area contributed by atoms with E-state index >= 15 is 0 Å². The Bertz CT molecular complexity index is 523. The van der Waals surface area contributed by atoms with Gasteiger partial charge in [0.1, 0.15) is 11.9 Å². The smallest absolute Gasteiger partial charge is 0.321 e. The molecular weight excluding hydrogens is 295 g/mol. The van der Waals surface area contributed by atoms with Crippen molar-refractivity contribution < 1.29 is 19.1 Å². The molecule has 0 fully saturated rings. The van der Waals surface area contributed by atoms with Crippen molar-refractivity contribution in [2.24, 2.45) is 5.73 Å². The third-order valence-corrected chi connectivity index (χ3v) is 4.33. The Balaban J connectivity index is 2.42. The number of rotatable bonds is 7. The predicted molar refractivity (Wildman–Crippen MR) is 81.8 cm³/mol. The second-order valence-electron chi connectivity index (χ2n) is 5.08. The predicted octanol–water partition coefficient (Wildman–Crippen LogP) is 2.08. The number of hydrogen-bond acceptors (Lipinski definition) is 4. The van der Waals surface area contributed by atoms with E-state index in [0.29, 0.717) is 11.4 Å². The summed E-state index contributed by atoms with van der Waals surface area (Å²) in [6.45, 7) is 3.45. The van der Waals surface area contributed by atoms with Crippen LogP contribution in [-0.2, 0) is 9.59 Å². The maximum absolute atomic E-state index is 13.0. The lowest BCUT2D eigenvalue weighted by molar-refractivity contribution is -0.139. The topological polar surface area (TPSA) is 92.4 Å². The van der Waals surface area contributed by atoms with Gasteiger partial charge in [0.15, 0.2) is 0 Å². The summed E-state index contributed by atoms with van der Waals surface area (Å²) in [6, 6.07) is 4.62. The van der Waals surface area contributed by atoms with Gasteiger partial charge in [-0.3, -0.25) is 9.59 Å². The molecular formula is C14H19FN2O3S. The summed E-state index contributed by atoms with van der Waals surface area (Å²) in [5, 5.41) is 11.5. The number of hydrogen-bond donors (Lipinski definition) is 3. The number of aliphatic carboxylic acids is 1. The number of anilines is 1. The highest BCUT2D eigenvalue weighted by atomic mass is 32.2. The number of carboxylic acid groups (broad SMARTS) is 1. The van der Waals surface area contributed by atoms with E-state index < -0.39 is 22.6 Å². The van der Waals surface area contributed by atoms with Gasteiger partial charge < -0.3 is 16.2 Å². The summed E-state index contributed by atoms with van der Waals surface area (Å²) in [7, 11) is 0. The van der Waals surface area contributed by atoms with Gasteiger partial charge in [-0.15, -0.1) is 0 Å². The molecule has 0 aliphatic rings. The monoisotopic (exact) mass is 314 g/mol. The minimum absolute atomic E-state index is 0.191. The van der Waals surface area contributed by atoms with Crippen LogP contribution in [0.2, 0.25) is 0 Å². The quantitative estimate of drug-likeness (QED) is 0.716. The van der Waals surface area contributed by atoms with Crippen LogP contribution < -0.4 is 11.1 Å². The van der Waals surface area contributed by atoms with Crippen LogP contribution in [0.15, 0.2) is 24.3 Å². The Kier molecular flexibility index (Phi) is 6.17. The molecule has 116 valence electrons. The van der Waals surface area contributed by atoms with Gasteiger partial charge in [0, 0.05) is 22.6 Å². The first-order valence-electron chi connectivity index (χ1n) is 6.40. The van der Waals surface area contributed by atoms with Crippen molar-refractivity contribution in [3.05, 3.63) is 30.1 Å². The summed E-state index contributed by atoms with van der Waals surface area (Å²) in [6.07, 6.45) is 0.191. The molecule has 5 nitrogen and oxygen atoms in total. The fourth-order valence-corrected chi connectivity index (χ4v) is 2.68. The zero-order chi connectivity index (χ0) is 16.0. The first-order chi connectivity index (χ1) is 9.72. The normalized spacial score (nSPS) is 12.8. The van der Waals surface area contributed by atoms with Crippen molar-refractivity contribution in [3.8, 4) is 0 Å². The number of nitrogens with two attached hydrogens (primary N) is 1. The van der Waals surface area contributed by atoms with E-state index in [9.17, 15) is 14.0 Å². The molecule has 1 aromatic carbocycles. The molecule has 0 bridgehead atoms. The van der Waals surface area contributed by atoms with Crippen LogP contribution >= 0.6 is 11.8 Å². The minimum atomic E-state index is -1.07. The van der Waals surface area contributed by atoms with Crippen LogP contribution in [0.25, 0.3) is 0 Å². The number of halogens is 1. The van der Waals surface area contributed by atoms with Crippen molar-refractivity contribution in [2.45, 2.75) is 31.1 Å². The SMILES string of the molecule is CC(C)(SCCC(=O)Nc1cccc(F)c1)[C@H](N)C(=O)O. The Hall–Kier alpha value is -1.60. The zero-order valence-corrected chi connectivity index (χ0v) is 12.7. The molecule has 21 heavy (non-hydrogen) atoms. The third-order valence-electron chi connectivity index (χ3n) is 2.93. The first kappa shape index (κ1) is 17.5. The molecule has 0 saturated heterocycles. The van der Waals surface area contributed by atoms with E-state index in [-0.39, 0.29) is 12.3 Å². The number of nitrogens with one attached hydrogen (secondary N) is 1. The van der Waals surface area contributed by atoms with Crippen molar-refractivity contribution in [1.82, 2.24) is 0 Å². The highest BCUT2D eigenvalue weighted by molar-refractivity contribution is 8.00. The van der Waals surface area contributed by atoms with E-state index in [1.54, 1.807) is 19.9 Å². The number of carbonyl (C=O) groups is 2. The molecule has 0 radical (unpaired) electrons. The number of carboxylic acids is 1. The summed E-state index contributed by atoms with van der Waals surface area (Å²) < 4.78 is 12.3. The highest BCUT2D eigenvalue weighted by Crippen LogP contribution is 2.28. The van der Waals surface area contributed by atoms with Crippen molar-refractivity contribution in [1.29, 1.82) is 0 Å². The molecule has 0 aliphatic heterocycles. The number of benzene rings is 1. The maximum Gasteiger partial charge on any atom is 0.321 e. The van der Waals surface area contributed by atoms with Gasteiger partial charge >= 0.3 is 5.97 Å². The van der Waals surface area contributed by atoms with E-state index in [0.717, 1.165) is 0 Å². The average Bonchev–Trinajstić information content (AvgIpc) is 2.37. The van der Waals surface area contributed by atoms with Crippen LogP contribution in [0.4, 0.5) is 10.1 Å². The molecule has 1 atom stereocenters. The fourth-order valence-electron chi connectivity index (χ4n) is 1.58. The van der Waals surface area contributed by atoms with Gasteiger partial charge in [-0.1, -0.05) is 6.07 Å². The summed E-state index contributed by atoms with van der Waals surface area (Å²) in [5.74, 6) is -1.32. The second kappa shape index (κ2) is 7.42. The molecule has 7 heteroatoms. The van der Waals surface area contributed by atoms with Gasteiger partial charge in [0.2, 0.25) is 5.91 Å². The van der Waals surface area contributed by atoms with Crippen LogP contribution in [0.1, 0.15) is 20.3 Å². The largest absolute Gasteiger partial charge is 0.480 e. The summed E-state index contributed by atoms with van der Waals surface area (Å²) in [5.41, 5.74) is 5.98. The van der Waals surface area contributed by atoms with E-state index in [4.69, 9.17) is 10.8 Å². The molecule has 4 N–H and O–H groups in total. The summed E-state index contributed by atoms with van der Waals surface area (Å²) in [4.78, 5) is 22.6. The van der Waals surface area contributed by atoms with Crippen molar-refractivity contribution in [2.75, 3.05) is 11.1 Å². The molecule has 1 amide bonds.